The first-order valence-electron chi connectivity index (χ1n) is 9.96. The number of hydrogen-bond donors (Lipinski definition) is 2. The van der Waals surface area contributed by atoms with E-state index in [1.807, 2.05) is 0 Å². The highest BCUT2D eigenvalue weighted by molar-refractivity contribution is 9.13. The zero-order valence-electron chi connectivity index (χ0n) is 17.3. The summed E-state index contributed by atoms with van der Waals surface area (Å²) in [6.45, 7) is 1.67. The van der Waals surface area contributed by atoms with E-state index in [1.165, 1.54) is 18.2 Å². The number of hydrogen-bond acceptors (Lipinski definition) is 4. The Morgan fingerprint density at radius 2 is 1.88 bits per heavy atom. The van der Waals surface area contributed by atoms with Gasteiger partial charge in [0, 0.05) is 21.1 Å². The summed E-state index contributed by atoms with van der Waals surface area (Å²) in [4.78, 5) is 26.4. The molecule has 0 unspecified atom stereocenters. The van der Waals surface area contributed by atoms with Gasteiger partial charge in [-0.15, -0.1) is 0 Å². The number of benzene rings is 2. The molecule has 0 spiro atoms. The van der Waals surface area contributed by atoms with E-state index in [0.717, 1.165) is 17.1 Å². The number of nitrogens with one attached hydrogen (secondary N) is 1. The third-order valence-electron chi connectivity index (χ3n) is 5.93. The van der Waals surface area contributed by atoms with Crippen LogP contribution in [0.25, 0.3) is 0 Å². The second-order valence-electron chi connectivity index (χ2n) is 8.00. The summed E-state index contributed by atoms with van der Waals surface area (Å²) < 4.78 is 43.3. The summed E-state index contributed by atoms with van der Waals surface area (Å²) in [6, 6.07) is 6.07. The summed E-state index contributed by atoms with van der Waals surface area (Å²) in [5.41, 5.74) is -1.97. The second-order valence-corrected chi connectivity index (χ2v) is 9.71. The number of anilines is 1. The number of aliphatic hydroxyl groups excluding tert-OH is 1. The molecule has 2 heterocycles. The van der Waals surface area contributed by atoms with Crippen molar-refractivity contribution in [2.24, 2.45) is 0 Å². The number of fused-ring (bicyclic) bond motifs is 1. The van der Waals surface area contributed by atoms with E-state index in [-0.39, 0.29) is 17.8 Å². The van der Waals surface area contributed by atoms with Gasteiger partial charge in [-0.05, 0) is 69.8 Å². The SMILES string of the molecule is C[C@]12CCCN1N(Cc1cccc(F)c1F)C(=O)C(C(=O)Nc1cc(Br)c(Br)cc1F)=C2O. The Morgan fingerprint density at radius 1 is 1.18 bits per heavy atom. The molecule has 2 amide bonds. The first kappa shape index (κ1) is 23.8. The maximum atomic E-state index is 14.4. The first-order chi connectivity index (χ1) is 15.5. The fourth-order valence-corrected chi connectivity index (χ4v) is 4.84. The van der Waals surface area contributed by atoms with Crippen LogP contribution in [-0.2, 0) is 16.1 Å². The number of nitrogens with zero attached hydrogens (tertiary/aromatic N) is 2. The van der Waals surface area contributed by atoms with Crippen LogP contribution < -0.4 is 5.32 Å². The van der Waals surface area contributed by atoms with Crippen LogP contribution in [0.2, 0.25) is 0 Å². The Labute approximate surface area is 204 Å². The molecule has 33 heavy (non-hydrogen) atoms. The van der Waals surface area contributed by atoms with Gasteiger partial charge in [-0.3, -0.25) is 14.6 Å². The Hall–Kier alpha value is -2.37. The molecule has 0 aliphatic carbocycles. The molecule has 0 radical (unpaired) electrons. The minimum absolute atomic E-state index is 0.0818. The average molecular weight is 589 g/mol. The highest BCUT2D eigenvalue weighted by Crippen LogP contribution is 2.42. The van der Waals surface area contributed by atoms with Crippen LogP contribution in [0.5, 0.6) is 0 Å². The molecular formula is C22H18Br2F3N3O3. The number of carbonyl (C=O) groups excluding carboxylic acids is 2. The molecule has 4 rings (SSSR count). The van der Waals surface area contributed by atoms with Gasteiger partial charge < -0.3 is 10.4 Å². The van der Waals surface area contributed by atoms with E-state index in [1.54, 1.807) is 11.9 Å². The molecule has 11 heteroatoms. The second kappa shape index (κ2) is 8.77. The van der Waals surface area contributed by atoms with Gasteiger partial charge in [-0.2, -0.15) is 0 Å². The Kier molecular flexibility index (Phi) is 6.32. The quantitative estimate of drug-likeness (QED) is 0.381. The number of rotatable bonds is 4. The van der Waals surface area contributed by atoms with E-state index >= 15 is 0 Å². The monoisotopic (exact) mass is 587 g/mol. The lowest BCUT2D eigenvalue weighted by Gasteiger charge is -2.46. The fraction of sp³-hybridized carbons (Fsp3) is 0.273. The molecule has 2 aromatic carbocycles. The smallest absolute Gasteiger partial charge is 0.277 e. The van der Waals surface area contributed by atoms with Crippen molar-refractivity contribution in [2.75, 3.05) is 11.9 Å². The van der Waals surface area contributed by atoms with Gasteiger partial charge in [0.25, 0.3) is 11.8 Å². The zero-order chi connectivity index (χ0) is 24.1. The number of aliphatic hydroxyl groups is 1. The van der Waals surface area contributed by atoms with Crippen molar-refractivity contribution in [1.29, 1.82) is 0 Å². The molecule has 0 saturated carbocycles. The maximum Gasteiger partial charge on any atom is 0.277 e. The van der Waals surface area contributed by atoms with E-state index < -0.39 is 46.1 Å². The largest absolute Gasteiger partial charge is 0.509 e. The zero-order valence-corrected chi connectivity index (χ0v) is 20.4. The minimum atomic E-state index is -1.11. The molecule has 0 aromatic heterocycles. The average Bonchev–Trinajstić information content (AvgIpc) is 3.15. The van der Waals surface area contributed by atoms with E-state index in [4.69, 9.17) is 0 Å². The van der Waals surface area contributed by atoms with Crippen molar-refractivity contribution < 1.29 is 27.9 Å². The van der Waals surface area contributed by atoms with Crippen LogP contribution >= 0.6 is 31.9 Å². The highest BCUT2D eigenvalue weighted by atomic mass is 79.9. The normalized spacial score (nSPS) is 20.9. The minimum Gasteiger partial charge on any atom is -0.509 e. The Morgan fingerprint density at radius 3 is 2.61 bits per heavy atom. The lowest BCUT2D eigenvalue weighted by atomic mass is 9.90. The van der Waals surface area contributed by atoms with E-state index in [0.29, 0.717) is 28.3 Å². The van der Waals surface area contributed by atoms with Crippen molar-refractivity contribution in [3.05, 3.63) is 73.6 Å². The van der Waals surface area contributed by atoms with Crippen LogP contribution in [-0.4, -0.2) is 39.0 Å². The number of carbonyl (C=O) groups is 2. The third kappa shape index (κ3) is 4.06. The van der Waals surface area contributed by atoms with Crippen LogP contribution in [0.1, 0.15) is 25.3 Å². The Bertz CT molecular complexity index is 1210. The van der Waals surface area contributed by atoms with Gasteiger partial charge in [0.2, 0.25) is 0 Å². The maximum absolute atomic E-state index is 14.4. The van der Waals surface area contributed by atoms with Crippen LogP contribution in [0.15, 0.2) is 50.6 Å². The predicted molar refractivity (Wildman–Crippen MR) is 121 cm³/mol. The molecule has 6 nitrogen and oxygen atoms in total. The summed E-state index contributed by atoms with van der Waals surface area (Å²) in [5.74, 6) is -5.27. The van der Waals surface area contributed by atoms with Gasteiger partial charge >= 0.3 is 0 Å². The standard InChI is InChI=1S/C22H18Br2F3N3O3/c1-22-6-3-7-30(22)29(10-11-4-2-5-14(25)18(11)27)21(33)17(19(22)31)20(32)28-16-9-13(24)12(23)8-15(16)26/h2,4-5,8-9,31H,3,6-7,10H2,1H3,(H,28,32)/t22-/m1/s1. The first-order valence-corrected chi connectivity index (χ1v) is 11.5. The number of halogens is 5. The molecule has 2 aliphatic heterocycles. The number of hydrazine groups is 1. The van der Waals surface area contributed by atoms with Gasteiger partial charge in [0.1, 0.15) is 17.1 Å². The summed E-state index contributed by atoms with van der Waals surface area (Å²) >= 11 is 6.38. The van der Waals surface area contributed by atoms with Crippen molar-refractivity contribution in [2.45, 2.75) is 31.8 Å². The van der Waals surface area contributed by atoms with Crippen molar-refractivity contribution in [1.82, 2.24) is 10.0 Å². The molecule has 1 fully saturated rings. The third-order valence-corrected chi connectivity index (χ3v) is 7.77. The molecule has 174 valence electrons. The molecule has 2 aromatic rings. The van der Waals surface area contributed by atoms with Crippen LogP contribution in [0.4, 0.5) is 18.9 Å². The van der Waals surface area contributed by atoms with Gasteiger partial charge in [-0.25, -0.2) is 18.2 Å². The topological polar surface area (TPSA) is 72.9 Å². The lowest BCUT2D eigenvalue weighted by molar-refractivity contribution is -0.160. The summed E-state index contributed by atoms with van der Waals surface area (Å²) in [6.07, 6.45) is 1.02. The van der Waals surface area contributed by atoms with Crippen molar-refractivity contribution in [3.63, 3.8) is 0 Å². The summed E-state index contributed by atoms with van der Waals surface area (Å²) in [5, 5.41) is 16.0. The Balaban J connectivity index is 1.73. The highest BCUT2D eigenvalue weighted by Gasteiger charge is 2.52. The molecule has 1 saturated heterocycles. The lowest BCUT2D eigenvalue weighted by Crippen LogP contribution is -2.60. The number of amides is 2. The van der Waals surface area contributed by atoms with E-state index in [2.05, 4.69) is 37.2 Å². The van der Waals surface area contributed by atoms with Gasteiger partial charge in [0.15, 0.2) is 11.6 Å². The molecule has 1 atom stereocenters. The molecule has 0 bridgehead atoms. The van der Waals surface area contributed by atoms with Crippen LogP contribution in [0.3, 0.4) is 0 Å². The molecule has 2 aliphatic rings. The van der Waals surface area contributed by atoms with E-state index in [9.17, 15) is 27.9 Å². The van der Waals surface area contributed by atoms with Crippen molar-refractivity contribution in [3.8, 4) is 0 Å². The molecule has 2 N–H and O–H groups in total. The predicted octanol–water partition coefficient (Wildman–Crippen LogP) is 5.19. The van der Waals surface area contributed by atoms with Crippen molar-refractivity contribution >= 4 is 49.4 Å². The summed E-state index contributed by atoms with van der Waals surface area (Å²) in [7, 11) is 0. The fourth-order valence-electron chi connectivity index (χ4n) is 4.18. The van der Waals surface area contributed by atoms with Gasteiger partial charge in [-0.1, -0.05) is 12.1 Å². The van der Waals surface area contributed by atoms with Crippen LogP contribution in [0, 0.1) is 17.5 Å². The molecular weight excluding hydrogens is 571 g/mol. The van der Waals surface area contributed by atoms with Gasteiger partial charge in [0.05, 0.1) is 17.8 Å².